The first-order valence-electron chi connectivity index (χ1n) is 7.34. The third-order valence-electron chi connectivity index (χ3n) is 2.87. The summed E-state index contributed by atoms with van der Waals surface area (Å²) < 4.78 is 7.28. The van der Waals surface area contributed by atoms with E-state index in [0.717, 1.165) is 11.4 Å². The highest BCUT2D eigenvalue weighted by atomic mass is 35.5. The fraction of sp³-hybridized carbons (Fsp3) is 0.438. The quantitative estimate of drug-likeness (QED) is 0.599. The molecule has 7 heteroatoms. The molecule has 1 aromatic carbocycles. The van der Waals surface area contributed by atoms with Crippen LogP contribution in [-0.2, 0) is 16.1 Å². The van der Waals surface area contributed by atoms with E-state index >= 15 is 0 Å². The van der Waals surface area contributed by atoms with Crippen LogP contribution in [-0.4, -0.2) is 32.1 Å². The lowest BCUT2D eigenvalue weighted by Gasteiger charge is -2.19. The summed E-state index contributed by atoms with van der Waals surface area (Å²) in [5.41, 5.74) is 0.456. The minimum Gasteiger partial charge on any atom is -0.459 e. The van der Waals surface area contributed by atoms with Crippen LogP contribution in [0.15, 0.2) is 29.4 Å². The van der Waals surface area contributed by atoms with E-state index < -0.39 is 5.60 Å². The van der Waals surface area contributed by atoms with Gasteiger partial charge in [-0.2, -0.15) is 0 Å². The minimum absolute atomic E-state index is 0.204. The van der Waals surface area contributed by atoms with E-state index in [2.05, 4.69) is 10.2 Å². The Balaban J connectivity index is 2.12. The smallest absolute Gasteiger partial charge is 0.316 e. The van der Waals surface area contributed by atoms with Crippen molar-refractivity contribution in [3.63, 3.8) is 0 Å². The van der Waals surface area contributed by atoms with Crippen molar-refractivity contribution < 1.29 is 9.53 Å². The van der Waals surface area contributed by atoms with Crippen molar-refractivity contribution in [2.75, 3.05) is 5.75 Å². The number of halogens is 1. The van der Waals surface area contributed by atoms with Crippen LogP contribution in [0.4, 0.5) is 0 Å². The van der Waals surface area contributed by atoms with E-state index in [1.165, 1.54) is 11.8 Å². The lowest BCUT2D eigenvalue weighted by molar-refractivity contribution is -0.151. The van der Waals surface area contributed by atoms with Gasteiger partial charge in [-0.15, -0.1) is 10.2 Å². The Hall–Kier alpha value is -1.53. The Labute approximate surface area is 145 Å². The van der Waals surface area contributed by atoms with Gasteiger partial charge in [-0.25, -0.2) is 0 Å². The fourth-order valence-corrected chi connectivity index (χ4v) is 2.89. The Morgan fingerprint density at radius 2 is 1.91 bits per heavy atom. The van der Waals surface area contributed by atoms with E-state index in [9.17, 15) is 4.79 Å². The van der Waals surface area contributed by atoms with E-state index in [0.29, 0.717) is 16.7 Å². The molecule has 0 aliphatic rings. The molecule has 0 radical (unpaired) electrons. The first-order valence-corrected chi connectivity index (χ1v) is 8.70. The van der Waals surface area contributed by atoms with Gasteiger partial charge in [0.05, 0.1) is 5.75 Å². The van der Waals surface area contributed by atoms with Crippen LogP contribution in [0, 0.1) is 0 Å². The molecule has 0 aliphatic heterocycles. The maximum atomic E-state index is 11.8. The average Bonchev–Trinajstić information content (AvgIpc) is 2.87. The number of carbonyl (C=O) groups is 1. The zero-order valence-corrected chi connectivity index (χ0v) is 15.2. The molecule has 124 valence electrons. The summed E-state index contributed by atoms with van der Waals surface area (Å²) >= 11 is 7.24. The summed E-state index contributed by atoms with van der Waals surface area (Å²) in [7, 11) is 0. The molecule has 0 saturated heterocycles. The Morgan fingerprint density at radius 3 is 2.48 bits per heavy atom. The average molecular weight is 354 g/mol. The van der Waals surface area contributed by atoms with Crippen molar-refractivity contribution in [3.8, 4) is 11.4 Å². The molecule has 0 unspecified atom stereocenters. The van der Waals surface area contributed by atoms with Crippen LogP contribution in [0.3, 0.4) is 0 Å². The normalized spacial score (nSPS) is 11.5. The Kier molecular flexibility index (Phi) is 5.70. The summed E-state index contributed by atoms with van der Waals surface area (Å²) in [5, 5.41) is 9.80. The highest BCUT2D eigenvalue weighted by Crippen LogP contribution is 2.25. The van der Waals surface area contributed by atoms with Crippen molar-refractivity contribution in [3.05, 3.63) is 29.3 Å². The van der Waals surface area contributed by atoms with Gasteiger partial charge in [-0.1, -0.05) is 23.4 Å². The second-order valence-corrected chi connectivity index (χ2v) is 7.31. The van der Waals surface area contributed by atoms with Crippen molar-refractivity contribution >= 4 is 29.3 Å². The van der Waals surface area contributed by atoms with Gasteiger partial charge in [0.2, 0.25) is 0 Å². The van der Waals surface area contributed by atoms with Crippen molar-refractivity contribution in [1.29, 1.82) is 0 Å². The Bertz CT molecular complexity index is 678. The van der Waals surface area contributed by atoms with Gasteiger partial charge in [0, 0.05) is 17.1 Å². The van der Waals surface area contributed by atoms with Gasteiger partial charge in [-0.05, 0) is 52.0 Å². The molecule has 0 bridgehead atoms. The van der Waals surface area contributed by atoms with E-state index in [4.69, 9.17) is 16.3 Å². The molecule has 0 saturated carbocycles. The maximum Gasteiger partial charge on any atom is 0.316 e. The fourth-order valence-electron chi connectivity index (χ4n) is 1.99. The molecular weight excluding hydrogens is 334 g/mol. The van der Waals surface area contributed by atoms with Crippen LogP contribution < -0.4 is 0 Å². The summed E-state index contributed by atoms with van der Waals surface area (Å²) in [5.74, 6) is 0.702. The lowest BCUT2D eigenvalue weighted by Crippen LogP contribution is -2.25. The molecule has 1 aromatic heterocycles. The molecule has 0 fully saturated rings. The van der Waals surface area contributed by atoms with E-state index in [-0.39, 0.29) is 11.7 Å². The van der Waals surface area contributed by atoms with Crippen LogP contribution >= 0.6 is 23.4 Å². The SMILES string of the molecule is CCn1c(SCC(=O)OC(C)(C)C)nnc1-c1ccc(Cl)cc1. The number of ether oxygens (including phenoxy) is 1. The Morgan fingerprint density at radius 1 is 1.26 bits per heavy atom. The highest BCUT2D eigenvalue weighted by molar-refractivity contribution is 7.99. The molecule has 0 atom stereocenters. The molecular formula is C16H20ClN3O2S. The second kappa shape index (κ2) is 7.36. The number of thioether (sulfide) groups is 1. The molecule has 1 heterocycles. The minimum atomic E-state index is -0.482. The number of esters is 1. The molecule has 2 rings (SSSR count). The van der Waals surface area contributed by atoms with Crippen LogP contribution in [0.1, 0.15) is 27.7 Å². The van der Waals surface area contributed by atoms with Gasteiger partial charge in [0.1, 0.15) is 5.60 Å². The van der Waals surface area contributed by atoms with Gasteiger partial charge < -0.3 is 9.30 Å². The predicted molar refractivity (Wildman–Crippen MR) is 92.7 cm³/mol. The van der Waals surface area contributed by atoms with Crippen LogP contribution in [0.2, 0.25) is 5.02 Å². The van der Waals surface area contributed by atoms with Gasteiger partial charge in [0.25, 0.3) is 0 Å². The maximum absolute atomic E-state index is 11.8. The number of carbonyl (C=O) groups excluding carboxylic acids is 1. The van der Waals surface area contributed by atoms with Gasteiger partial charge in [0.15, 0.2) is 11.0 Å². The number of hydrogen-bond acceptors (Lipinski definition) is 5. The highest BCUT2D eigenvalue weighted by Gasteiger charge is 2.19. The number of nitrogens with zero attached hydrogens (tertiary/aromatic N) is 3. The van der Waals surface area contributed by atoms with Crippen molar-refractivity contribution in [2.24, 2.45) is 0 Å². The predicted octanol–water partition coefficient (Wildman–Crippen LogP) is 4.05. The second-order valence-electron chi connectivity index (χ2n) is 5.93. The molecule has 0 spiro atoms. The van der Waals surface area contributed by atoms with E-state index in [1.54, 1.807) is 0 Å². The first kappa shape index (κ1) is 17.8. The summed E-state index contributed by atoms with van der Waals surface area (Å²) in [6, 6.07) is 7.44. The zero-order chi connectivity index (χ0) is 17.0. The van der Waals surface area contributed by atoms with Crippen molar-refractivity contribution in [2.45, 2.75) is 45.0 Å². The summed E-state index contributed by atoms with van der Waals surface area (Å²) in [6.07, 6.45) is 0. The zero-order valence-electron chi connectivity index (χ0n) is 13.7. The number of aromatic nitrogens is 3. The van der Waals surface area contributed by atoms with Gasteiger partial charge >= 0.3 is 5.97 Å². The standard InChI is InChI=1S/C16H20ClN3O2S/c1-5-20-14(11-6-8-12(17)9-7-11)18-19-15(20)23-10-13(21)22-16(2,3)4/h6-9H,5,10H2,1-4H3. The lowest BCUT2D eigenvalue weighted by atomic mass is 10.2. The third kappa shape index (κ3) is 4.97. The number of benzene rings is 1. The molecule has 23 heavy (non-hydrogen) atoms. The van der Waals surface area contributed by atoms with Crippen LogP contribution in [0.25, 0.3) is 11.4 Å². The topological polar surface area (TPSA) is 57.0 Å². The third-order valence-corrected chi connectivity index (χ3v) is 4.07. The van der Waals surface area contributed by atoms with Crippen LogP contribution in [0.5, 0.6) is 0 Å². The largest absolute Gasteiger partial charge is 0.459 e. The summed E-state index contributed by atoms with van der Waals surface area (Å²) in [6.45, 7) is 8.27. The summed E-state index contributed by atoms with van der Waals surface area (Å²) in [4.78, 5) is 11.8. The van der Waals surface area contributed by atoms with Gasteiger partial charge in [-0.3, -0.25) is 4.79 Å². The number of rotatable bonds is 5. The molecule has 5 nitrogen and oxygen atoms in total. The molecule has 2 aromatic rings. The van der Waals surface area contributed by atoms with E-state index in [1.807, 2.05) is 56.5 Å². The molecule has 0 N–H and O–H groups in total. The molecule has 0 aliphatic carbocycles. The van der Waals surface area contributed by atoms with Crippen molar-refractivity contribution in [1.82, 2.24) is 14.8 Å². The molecule has 0 amide bonds. The number of hydrogen-bond donors (Lipinski definition) is 0. The monoisotopic (exact) mass is 353 g/mol. The first-order chi connectivity index (χ1) is 10.8.